The highest BCUT2D eigenvalue weighted by atomic mass is 14.1. The highest BCUT2D eigenvalue weighted by Crippen LogP contribution is 2.21. The molecule has 0 rings (SSSR count). The molecule has 1 atom stereocenters. The first-order valence-electron chi connectivity index (χ1n) is 6.55. The molecule has 1 heteroatoms. The summed E-state index contributed by atoms with van der Waals surface area (Å²) in [5.41, 5.74) is 0. The maximum Gasteiger partial charge on any atom is 0.0653 e. The van der Waals surface area contributed by atoms with Crippen LogP contribution < -0.4 is 0 Å². The Morgan fingerprint density at radius 1 is 0.786 bits per heavy atom. The van der Waals surface area contributed by atoms with Crippen LogP contribution in [0.3, 0.4) is 0 Å². The van der Waals surface area contributed by atoms with E-state index in [0.717, 1.165) is 12.2 Å². The summed E-state index contributed by atoms with van der Waals surface area (Å²) in [6.07, 6.45) is 13.2. The Balaban J connectivity index is 3.40. The van der Waals surface area contributed by atoms with Gasteiger partial charge in [-0.2, -0.15) is 0 Å². The molecule has 0 saturated heterocycles. The Bertz CT molecular complexity index is 101. The lowest BCUT2D eigenvalue weighted by molar-refractivity contribution is 0.401. The third-order valence-corrected chi connectivity index (χ3v) is 3.01. The molecule has 1 unspecified atom stereocenters. The van der Waals surface area contributed by atoms with Crippen LogP contribution in [-0.4, -0.2) is 7.85 Å². The van der Waals surface area contributed by atoms with Gasteiger partial charge in [0.1, 0.15) is 0 Å². The van der Waals surface area contributed by atoms with Crippen LogP contribution in [0.2, 0.25) is 6.32 Å². The lowest BCUT2D eigenvalue weighted by Gasteiger charge is -2.15. The van der Waals surface area contributed by atoms with Gasteiger partial charge >= 0.3 is 0 Å². The molecule has 0 spiro atoms. The normalized spacial score (nSPS) is 13.0. The average Bonchev–Trinajstić information content (AvgIpc) is 2.20. The Kier molecular flexibility index (Phi) is 11.2. The van der Waals surface area contributed by atoms with Crippen LogP contribution in [0.4, 0.5) is 0 Å². The fourth-order valence-electron chi connectivity index (χ4n) is 2.02. The third kappa shape index (κ3) is 8.65. The van der Waals surface area contributed by atoms with E-state index in [1.165, 1.54) is 57.8 Å². The van der Waals surface area contributed by atoms with Crippen LogP contribution in [0.1, 0.15) is 71.6 Å². The van der Waals surface area contributed by atoms with Crippen molar-refractivity contribution >= 4 is 7.85 Å². The van der Waals surface area contributed by atoms with Crippen LogP contribution in [0.5, 0.6) is 0 Å². The smallest absolute Gasteiger partial charge is 0.0653 e. The fourth-order valence-corrected chi connectivity index (χ4v) is 2.02. The zero-order valence-corrected chi connectivity index (χ0v) is 10.2. The minimum Gasteiger partial charge on any atom is -0.0884 e. The summed E-state index contributed by atoms with van der Waals surface area (Å²) in [5, 5.41) is 0. The topological polar surface area (TPSA) is 0 Å². The molecule has 0 aliphatic carbocycles. The van der Waals surface area contributed by atoms with Gasteiger partial charge in [-0.1, -0.05) is 78.0 Å². The highest BCUT2D eigenvalue weighted by Gasteiger charge is 2.06. The van der Waals surface area contributed by atoms with Crippen molar-refractivity contribution in [2.24, 2.45) is 5.92 Å². The predicted octanol–water partition coefficient (Wildman–Crippen LogP) is 4.74. The van der Waals surface area contributed by atoms with Gasteiger partial charge in [0.15, 0.2) is 0 Å². The summed E-state index contributed by atoms with van der Waals surface area (Å²) < 4.78 is 0. The second-order valence-electron chi connectivity index (χ2n) is 4.43. The first kappa shape index (κ1) is 14.1. The van der Waals surface area contributed by atoms with E-state index >= 15 is 0 Å². The summed E-state index contributed by atoms with van der Waals surface area (Å²) in [6, 6.07) is 0. The van der Waals surface area contributed by atoms with Crippen LogP contribution in [-0.2, 0) is 0 Å². The average molecular weight is 194 g/mol. The number of hydrogen-bond donors (Lipinski definition) is 0. The van der Waals surface area contributed by atoms with Crippen LogP contribution in [0.15, 0.2) is 0 Å². The molecule has 0 aliphatic heterocycles. The molecule has 0 heterocycles. The summed E-state index contributed by atoms with van der Waals surface area (Å²) >= 11 is 0. The van der Waals surface area contributed by atoms with E-state index in [4.69, 9.17) is 7.85 Å². The molecule has 0 aromatic heterocycles. The van der Waals surface area contributed by atoms with Crippen molar-refractivity contribution in [3.8, 4) is 0 Å². The summed E-state index contributed by atoms with van der Waals surface area (Å²) in [5.74, 6) is 0.914. The van der Waals surface area contributed by atoms with E-state index in [1.807, 2.05) is 0 Å². The number of unbranched alkanes of at least 4 members (excludes halogenated alkanes) is 4. The van der Waals surface area contributed by atoms with Gasteiger partial charge in [0, 0.05) is 0 Å². The van der Waals surface area contributed by atoms with Gasteiger partial charge in [-0.25, -0.2) is 0 Å². The van der Waals surface area contributed by atoms with Crippen molar-refractivity contribution in [3.63, 3.8) is 0 Å². The molecule has 2 radical (unpaired) electrons. The predicted molar refractivity (Wildman–Crippen MR) is 67.0 cm³/mol. The summed E-state index contributed by atoms with van der Waals surface area (Å²) in [7, 11) is 5.63. The van der Waals surface area contributed by atoms with Gasteiger partial charge in [0.25, 0.3) is 0 Å². The van der Waals surface area contributed by atoms with Gasteiger partial charge < -0.3 is 0 Å². The van der Waals surface area contributed by atoms with Crippen molar-refractivity contribution in [3.05, 3.63) is 0 Å². The molecular formula is C13H27B. The Morgan fingerprint density at radius 3 is 2.00 bits per heavy atom. The molecule has 0 aliphatic rings. The van der Waals surface area contributed by atoms with E-state index in [-0.39, 0.29) is 0 Å². The lowest BCUT2D eigenvalue weighted by Crippen LogP contribution is -2.00. The minimum absolute atomic E-state index is 0.877. The van der Waals surface area contributed by atoms with Crippen molar-refractivity contribution in [2.45, 2.75) is 78.0 Å². The molecule has 14 heavy (non-hydrogen) atoms. The molecule has 0 aromatic rings. The van der Waals surface area contributed by atoms with E-state index in [0.29, 0.717) is 0 Å². The van der Waals surface area contributed by atoms with Gasteiger partial charge in [-0.3, -0.25) is 0 Å². The first-order valence-corrected chi connectivity index (χ1v) is 6.55. The summed E-state index contributed by atoms with van der Waals surface area (Å²) in [6.45, 7) is 4.55. The molecule has 82 valence electrons. The quantitative estimate of drug-likeness (QED) is 0.348. The highest BCUT2D eigenvalue weighted by molar-refractivity contribution is 6.08. The van der Waals surface area contributed by atoms with Gasteiger partial charge in [0.2, 0.25) is 0 Å². The molecule has 0 N–H and O–H groups in total. The third-order valence-electron chi connectivity index (χ3n) is 3.01. The Morgan fingerprint density at radius 2 is 1.43 bits per heavy atom. The molecule has 0 fully saturated rings. The minimum atomic E-state index is 0.877. The van der Waals surface area contributed by atoms with Gasteiger partial charge in [-0.15, -0.1) is 0 Å². The summed E-state index contributed by atoms with van der Waals surface area (Å²) in [4.78, 5) is 0. The molecule has 0 aromatic carbocycles. The Labute approximate surface area is 92.3 Å². The number of hydrogen-bond acceptors (Lipinski definition) is 0. The monoisotopic (exact) mass is 194 g/mol. The van der Waals surface area contributed by atoms with Crippen molar-refractivity contribution in [1.82, 2.24) is 0 Å². The van der Waals surface area contributed by atoms with Crippen LogP contribution >= 0.6 is 0 Å². The zero-order valence-electron chi connectivity index (χ0n) is 10.2. The second-order valence-corrected chi connectivity index (χ2v) is 4.43. The molecule has 0 amide bonds. The van der Waals surface area contributed by atoms with Gasteiger partial charge in [0.05, 0.1) is 7.85 Å². The zero-order chi connectivity index (χ0) is 10.6. The van der Waals surface area contributed by atoms with E-state index in [1.54, 1.807) is 0 Å². The SMILES string of the molecule is [B]CCC(CCCC)CCCCCC. The molecule has 0 nitrogen and oxygen atoms in total. The maximum absolute atomic E-state index is 5.63. The molecule has 0 saturated carbocycles. The fraction of sp³-hybridized carbons (Fsp3) is 1.00. The maximum atomic E-state index is 5.63. The van der Waals surface area contributed by atoms with E-state index < -0.39 is 0 Å². The molecule has 0 bridgehead atoms. The lowest BCUT2D eigenvalue weighted by atomic mass is 9.86. The van der Waals surface area contributed by atoms with Crippen molar-refractivity contribution in [2.75, 3.05) is 0 Å². The number of rotatable bonds is 10. The first-order chi connectivity index (χ1) is 6.85. The van der Waals surface area contributed by atoms with Crippen molar-refractivity contribution < 1.29 is 0 Å². The Hall–Kier alpha value is 0.0649. The van der Waals surface area contributed by atoms with Crippen LogP contribution in [0.25, 0.3) is 0 Å². The standard InChI is InChI=1S/C13H27B/c1-3-5-7-8-10-13(11-12-14)9-6-4-2/h13H,3-12H2,1-2H3. The van der Waals surface area contributed by atoms with E-state index in [9.17, 15) is 0 Å². The van der Waals surface area contributed by atoms with Crippen molar-refractivity contribution in [1.29, 1.82) is 0 Å². The van der Waals surface area contributed by atoms with Gasteiger partial charge in [-0.05, 0) is 5.92 Å². The van der Waals surface area contributed by atoms with Crippen LogP contribution in [0, 0.1) is 5.92 Å². The second kappa shape index (κ2) is 11.1. The largest absolute Gasteiger partial charge is 0.0884 e. The van der Waals surface area contributed by atoms with E-state index in [2.05, 4.69) is 13.8 Å². The molecular weight excluding hydrogens is 167 g/mol.